The summed E-state index contributed by atoms with van der Waals surface area (Å²) in [6.45, 7) is 2.15. The molecule has 196 valence electrons. The van der Waals surface area contributed by atoms with Crippen LogP contribution in [-0.2, 0) is 16.0 Å². The van der Waals surface area contributed by atoms with Gasteiger partial charge in [-0.3, -0.25) is 19.7 Å². The summed E-state index contributed by atoms with van der Waals surface area (Å²) in [5, 5.41) is 22.6. The highest BCUT2D eigenvalue weighted by atomic mass is 35.5. The number of carboxylic acids is 1. The number of nitrogens with two attached hydrogens (primary N) is 2. The molecule has 1 aliphatic carbocycles. The van der Waals surface area contributed by atoms with Crippen molar-refractivity contribution in [2.75, 3.05) is 12.3 Å². The van der Waals surface area contributed by atoms with E-state index in [0.717, 1.165) is 25.7 Å². The summed E-state index contributed by atoms with van der Waals surface area (Å²) in [5.41, 5.74) is 13.0. The highest BCUT2D eigenvalue weighted by Gasteiger charge is 2.29. The van der Waals surface area contributed by atoms with E-state index in [1.807, 2.05) is 0 Å². The fraction of sp³-hybridized carbons (Fsp3) is 0.400. The summed E-state index contributed by atoms with van der Waals surface area (Å²) in [6, 6.07) is 11.5. The van der Waals surface area contributed by atoms with Gasteiger partial charge in [-0.05, 0) is 74.9 Å². The lowest BCUT2D eigenvalue weighted by molar-refractivity contribution is -0.384. The molecule has 0 aliphatic heterocycles. The number of nitro benzene ring substituents is 1. The number of benzene rings is 2. The minimum atomic E-state index is -1.12. The Morgan fingerprint density at radius 1 is 1.06 bits per heavy atom. The molecule has 1 amide bonds. The van der Waals surface area contributed by atoms with E-state index >= 15 is 0 Å². The average Bonchev–Trinajstić information content (AvgIpc) is 2.84. The van der Waals surface area contributed by atoms with Crippen LogP contribution in [0.1, 0.15) is 48.5 Å². The number of carbonyl (C=O) groups excluding carboxylic acids is 2. The third-order valence-corrected chi connectivity index (χ3v) is 6.07. The van der Waals surface area contributed by atoms with E-state index in [-0.39, 0.29) is 42.1 Å². The lowest BCUT2D eigenvalue weighted by Gasteiger charge is -2.27. The van der Waals surface area contributed by atoms with E-state index < -0.39 is 16.9 Å². The lowest BCUT2D eigenvalue weighted by atomic mass is 9.81. The number of rotatable bonds is 8. The van der Waals surface area contributed by atoms with Crippen LogP contribution in [0, 0.1) is 22.0 Å². The molecule has 1 saturated carbocycles. The molecule has 0 heterocycles. The summed E-state index contributed by atoms with van der Waals surface area (Å²) in [4.78, 5) is 44.7. The predicted molar refractivity (Wildman–Crippen MR) is 139 cm³/mol. The maximum absolute atomic E-state index is 12.3. The van der Waals surface area contributed by atoms with Crippen LogP contribution in [0.3, 0.4) is 0 Å². The highest BCUT2D eigenvalue weighted by Crippen LogP contribution is 2.28. The molecule has 0 radical (unpaired) electrons. The molecule has 36 heavy (non-hydrogen) atoms. The summed E-state index contributed by atoms with van der Waals surface area (Å²) >= 11 is 0. The van der Waals surface area contributed by atoms with Crippen molar-refractivity contribution in [2.45, 2.75) is 45.1 Å². The first-order valence-electron chi connectivity index (χ1n) is 11.4. The summed E-state index contributed by atoms with van der Waals surface area (Å²) in [6.07, 6.45) is 3.29. The van der Waals surface area contributed by atoms with Gasteiger partial charge in [0.15, 0.2) is 5.78 Å². The maximum Gasteiger partial charge on any atom is 0.326 e. The quantitative estimate of drug-likeness (QED) is 0.177. The number of nitro groups is 1. The van der Waals surface area contributed by atoms with Crippen LogP contribution in [0.5, 0.6) is 0 Å². The van der Waals surface area contributed by atoms with Gasteiger partial charge >= 0.3 is 5.97 Å². The Labute approximate surface area is 216 Å². The zero-order valence-electron chi connectivity index (χ0n) is 20.1. The van der Waals surface area contributed by atoms with Gasteiger partial charge in [-0.2, -0.15) is 0 Å². The lowest BCUT2D eigenvalue weighted by Crippen LogP contribution is -2.45. The predicted octanol–water partition coefficient (Wildman–Crippen LogP) is 3.37. The second kappa shape index (κ2) is 14.8. The molecule has 0 unspecified atom stereocenters. The molecule has 0 saturated heterocycles. The molecular weight excluding hydrogens is 488 g/mol. The number of carboxylic acid groups (broad SMARTS) is 1. The fourth-order valence-corrected chi connectivity index (χ4v) is 3.86. The number of nitrogens with zero attached hydrogens (tertiary/aromatic N) is 1. The zero-order valence-corrected chi connectivity index (χ0v) is 20.9. The minimum absolute atomic E-state index is 0. The fourth-order valence-electron chi connectivity index (χ4n) is 3.86. The molecule has 1 aliphatic rings. The van der Waals surface area contributed by atoms with Crippen molar-refractivity contribution in [2.24, 2.45) is 17.6 Å². The molecule has 2 aromatic carbocycles. The summed E-state index contributed by atoms with van der Waals surface area (Å²) < 4.78 is 0. The number of non-ortho nitro benzene ring substituents is 1. The first-order valence-corrected chi connectivity index (χ1v) is 11.4. The number of nitrogen functional groups attached to an aromatic ring is 1. The Morgan fingerprint density at radius 2 is 1.61 bits per heavy atom. The molecule has 1 fully saturated rings. The molecule has 11 heteroatoms. The van der Waals surface area contributed by atoms with E-state index in [9.17, 15) is 29.6 Å². The Balaban J connectivity index is 0.000000495. The summed E-state index contributed by atoms with van der Waals surface area (Å²) in [7, 11) is 0. The topological polar surface area (TPSA) is 179 Å². The first kappa shape index (κ1) is 30.5. The molecule has 1 atom stereocenters. The number of ketones is 1. The van der Waals surface area contributed by atoms with E-state index in [4.69, 9.17) is 11.5 Å². The third-order valence-electron chi connectivity index (χ3n) is 6.07. The van der Waals surface area contributed by atoms with Crippen LogP contribution in [0.15, 0.2) is 48.5 Å². The molecule has 0 bridgehead atoms. The maximum atomic E-state index is 12.3. The number of anilines is 1. The van der Waals surface area contributed by atoms with E-state index in [0.29, 0.717) is 29.3 Å². The van der Waals surface area contributed by atoms with E-state index in [1.165, 1.54) is 31.2 Å². The van der Waals surface area contributed by atoms with Gasteiger partial charge in [0.05, 0.1) is 4.92 Å². The Bertz CT molecular complexity index is 1020. The normalized spacial score (nSPS) is 17.4. The SMILES string of the molecule is CC(=O)c1ccc(N)cc1.Cl.NCC1CCC(C(=O)N[C@@H](Cc2ccc([N+](=O)[O-])cc2)C(=O)O)CC1. The van der Waals surface area contributed by atoms with Crippen molar-refractivity contribution < 1.29 is 24.4 Å². The Hall–Kier alpha value is -3.50. The van der Waals surface area contributed by atoms with Gasteiger partial charge in [-0.1, -0.05) is 12.1 Å². The molecule has 10 nitrogen and oxygen atoms in total. The van der Waals surface area contributed by atoms with Gasteiger partial charge in [0.1, 0.15) is 6.04 Å². The molecule has 0 spiro atoms. The van der Waals surface area contributed by atoms with Crippen LogP contribution in [0.4, 0.5) is 11.4 Å². The standard InChI is InChI=1S/C17H23N3O5.C8H9NO.ClH/c18-10-12-1-5-13(6-2-12)16(21)19-15(17(22)23)9-11-3-7-14(8-4-11)20(24)25;1-6(10)7-2-4-8(9)5-3-7;/h3-4,7-8,12-13,15H,1-2,5-6,9-10,18H2,(H,19,21)(H,22,23);2-5H,9H2,1H3;1H/t12?,13?,15-;;/m0../s1. The Kier molecular flexibility index (Phi) is 12.5. The van der Waals surface area contributed by atoms with E-state index in [1.54, 1.807) is 24.3 Å². The smallest absolute Gasteiger partial charge is 0.326 e. The number of hydrogen-bond donors (Lipinski definition) is 4. The van der Waals surface area contributed by atoms with Crippen molar-refractivity contribution >= 4 is 41.4 Å². The number of amides is 1. The van der Waals surface area contributed by atoms with Gasteiger partial charge in [0, 0.05) is 35.7 Å². The first-order chi connectivity index (χ1) is 16.6. The zero-order chi connectivity index (χ0) is 26.0. The Morgan fingerprint density at radius 3 is 2.06 bits per heavy atom. The highest BCUT2D eigenvalue weighted by molar-refractivity contribution is 5.94. The minimum Gasteiger partial charge on any atom is -0.480 e. The monoisotopic (exact) mass is 520 g/mol. The van der Waals surface area contributed by atoms with Crippen molar-refractivity contribution in [1.29, 1.82) is 0 Å². The number of nitrogens with one attached hydrogen (secondary N) is 1. The number of carbonyl (C=O) groups is 3. The van der Waals surface area contributed by atoms with Crippen LogP contribution >= 0.6 is 12.4 Å². The third kappa shape index (κ3) is 9.63. The van der Waals surface area contributed by atoms with Crippen molar-refractivity contribution in [1.82, 2.24) is 5.32 Å². The molecule has 3 rings (SSSR count). The number of halogens is 1. The van der Waals surface area contributed by atoms with Gasteiger partial charge in [0.25, 0.3) is 5.69 Å². The molecule has 2 aromatic rings. The molecule has 0 aromatic heterocycles. The summed E-state index contributed by atoms with van der Waals surface area (Å²) in [5.74, 6) is -1.03. The van der Waals surface area contributed by atoms with Crippen molar-refractivity contribution in [3.05, 3.63) is 69.8 Å². The average molecular weight is 521 g/mol. The van der Waals surface area contributed by atoms with Crippen molar-refractivity contribution in [3.8, 4) is 0 Å². The van der Waals surface area contributed by atoms with Gasteiger partial charge in [-0.15, -0.1) is 12.4 Å². The second-order valence-electron chi connectivity index (χ2n) is 8.66. The molecule has 6 N–H and O–H groups in total. The number of hydrogen-bond acceptors (Lipinski definition) is 7. The van der Waals surface area contributed by atoms with Gasteiger partial charge in [-0.25, -0.2) is 4.79 Å². The van der Waals surface area contributed by atoms with Crippen molar-refractivity contribution in [3.63, 3.8) is 0 Å². The number of Topliss-reactive ketones (excluding diaryl/α,β-unsaturated/α-hetero) is 1. The molecular formula is C25H33ClN4O6. The number of aliphatic carboxylic acids is 1. The van der Waals surface area contributed by atoms with Crippen LogP contribution < -0.4 is 16.8 Å². The van der Waals surface area contributed by atoms with Gasteiger partial charge < -0.3 is 21.9 Å². The van der Waals surface area contributed by atoms with Crippen LogP contribution in [0.25, 0.3) is 0 Å². The van der Waals surface area contributed by atoms with Crippen LogP contribution in [-0.4, -0.2) is 40.3 Å². The second-order valence-corrected chi connectivity index (χ2v) is 8.66. The largest absolute Gasteiger partial charge is 0.480 e. The van der Waals surface area contributed by atoms with Crippen LogP contribution in [0.2, 0.25) is 0 Å². The van der Waals surface area contributed by atoms with E-state index in [2.05, 4.69) is 5.32 Å². The van der Waals surface area contributed by atoms with Gasteiger partial charge in [0.2, 0.25) is 5.91 Å².